The number of ether oxygens (including phenoxy) is 2. The van der Waals surface area contributed by atoms with Crippen molar-refractivity contribution >= 4 is 7.82 Å². The molecular weight excluding hydrogens is 345 g/mol. The van der Waals surface area contributed by atoms with E-state index in [4.69, 9.17) is 23.8 Å². The highest BCUT2D eigenvalue weighted by molar-refractivity contribution is 7.46. The second-order valence-electron chi connectivity index (χ2n) is 6.63. The van der Waals surface area contributed by atoms with Crippen molar-refractivity contribution in [1.82, 2.24) is 4.90 Å². The van der Waals surface area contributed by atoms with E-state index in [1.54, 1.807) is 14.2 Å². The van der Waals surface area contributed by atoms with Crippen LogP contribution in [0.15, 0.2) is 30.0 Å². The van der Waals surface area contributed by atoms with Gasteiger partial charge in [0.15, 0.2) is 11.5 Å². The van der Waals surface area contributed by atoms with Crippen molar-refractivity contribution in [2.45, 2.75) is 30.7 Å². The highest BCUT2D eigenvalue weighted by Gasteiger charge is 2.49. The fraction of sp³-hybridized carbons (Fsp3) is 0.529. The van der Waals surface area contributed by atoms with Crippen LogP contribution in [-0.4, -0.2) is 48.5 Å². The molecule has 1 aliphatic heterocycles. The summed E-state index contributed by atoms with van der Waals surface area (Å²) in [6.45, 7) is 0.913. The maximum absolute atomic E-state index is 11.2. The van der Waals surface area contributed by atoms with Gasteiger partial charge in [0.25, 0.3) is 0 Å². The molecule has 1 heterocycles. The predicted molar refractivity (Wildman–Crippen MR) is 92.7 cm³/mol. The van der Waals surface area contributed by atoms with Gasteiger partial charge in [-0.2, -0.15) is 0 Å². The first-order valence-electron chi connectivity index (χ1n) is 8.16. The summed E-state index contributed by atoms with van der Waals surface area (Å²) in [5.41, 5.74) is 1.02. The van der Waals surface area contributed by atoms with Crippen LogP contribution in [0.3, 0.4) is 0 Å². The molecule has 2 unspecified atom stereocenters. The van der Waals surface area contributed by atoms with Crippen molar-refractivity contribution in [2.75, 3.05) is 27.8 Å². The third-order valence-electron chi connectivity index (χ3n) is 5.36. The van der Waals surface area contributed by atoms with Crippen LogP contribution in [0.5, 0.6) is 11.5 Å². The van der Waals surface area contributed by atoms with Crippen molar-refractivity contribution in [3.63, 3.8) is 0 Å². The molecule has 1 aliphatic carbocycles. The van der Waals surface area contributed by atoms with Crippen LogP contribution in [0.4, 0.5) is 0 Å². The predicted octanol–water partition coefficient (Wildman–Crippen LogP) is 2.43. The van der Waals surface area contributed by atoms with Crippen LogP contribution in [-0.2, 0) is 14.5 Å². The summed E-state index contributed by atoms with van der Waals surface area (Å²) in [6, 6.07) is 6.07. The fourth-order valence-corrected chi connectivity index (χ4v) is 4.56. The van der Waals surface area contributed by atoms with Gasteiger partial charge in [-0.3, -0.25) is 9.79 Å². The van der Waals surface area contributed by atoms with Gasteiger partial charge in [-0.1, -0.05) is 6.07 Å². The summed E-state index contributed by atoms with van der Waals surface area (Å²) in [6.07, 6.45) is 3.90. The van der Waals surface area contributed by atoms with Crippen LogP contribution in [0.25, 0.3) is 0 Å². The minimum Gasteiger partial charge on any atom is -0.493 e. The van der Waals surface area contributed by atoms with E-state index in [1.807, 2.05) is 25.3 Å². The Morgan fingerprint density at radius 2 is 1.96 bits per heavy atom. The van der Waals surface area contributed by atoms with Crippen molar-refractivity contribution < 1.29 is 28.3 Å². The zero-order valence-electron chi connectivity index (χ0n) is 14.6. The topological polar surface area (TPSA) is 88.5 Å². The number of fused-ring (bicyclic) bond motifs is 1. The van der Waals surface area contributed by atoms with Gasteiger partial charge in [-0.15, -0.1) is 0 Å². The standard InChI is InChI=1S/C17H24NO6P/c1-18-9-8-17(12-4-5-14(22-2)15(10-12)23-3)7-6-13(11-16(17)18)24-25(19,20)21/h4-6,10,16H,7-9,11H2,1-3H3,(H2,19,20,21). The van der Waals surface area contributed by atoms with E-state index in [9.17, 15) is 4.57 Å². The van der Waals surface area contributed by atoms with Crippen molar-refractivity contribution in [1.29, 1.82) is 0 Å². The molecule has 1 aromatic rings. The van der Waals surface area contributed by atoms with E-state index < -0.39 is 7.82 Å². The summed E-state index contributed by atoms with van der Waals surface area (Å²) in [5, 5.41) is 0. The van der Waals surface area contributed by atoms with E-state index in [0.717, 1.165) is 18.5 Å². The number of phosphoric ester groups is 1. The van der Waals surface area contributed by atoms with Gasteiger partial charge in [0.2, 0.25) is 0 Å². The fourth-order valence-electron chi connectivity index (χ4n) is 4.11. The molecule has 25 heavy (non-hydrogen) atoms. The Bertz CT molecular complexity index is 730. The zero-order chi connectivity index (χ0) is 18.2. The maximum atomic E-state index is 11.2. The van der Waals surface area contributed by atoms with Gasteiger partial charge in [-0.25, -0.2) is 4.57 Å². The van der Waals surface area contributed by atoms with Gasteiger partial charge in [-0.05, 0) is 50.2 Å². The normalized spacial score (nSPS) is 26.8. The first-order chi connectivity index (χ1) is 11.8. The smallest absolute Gasteiger partial charge is 0.493 e. The van der Waals surface area contributed by atoms with Crippen LogP contribution in [0.1, 0.15) is 24.8 Å². The van der Waals surface area contributed by atoms with Crippen molar-refractivity contribution in [2.24, 2.45) is 0 Å². The number of nitrogens with zero attached hydrogens (tertiary/aromatic N) is 1. The van der Waals surface area contributed by atoms with Crippen molar-refractivity contribution in [3.05, 3.63) is 35.6 Å². The lowest BCUT2D eigenvalue weighted by atomic mass is 9.68. The number of likely N-dealkylation sites (tertiary alicyclic amines) is 1. The molecule has 0 spiro atoms. The Morgan fingerprint density at radius 1 is 1.24 bits per heavy atom. The average molecular weight is 369 g/mol. The molecule has 7 nitrogen and oxygen atoms in total. The number of methoxy groups -OCH3 is 2. The lowest BCUT2D eigenvalue weighted by molar-refractivity contribution is 0.180. The lowest BCUT2D eigenvalue weighted by Crippen LogP contribution is -2.43. The summed E-state index contributed by atoms with van der Waals surface area (Å²) >= 11 is 0. The maximum Gasteiger partial charge on any atom is 0.524 e. The van der Waals surface area contributed by atoms with Gasteiger partial charge >= 0.3 is 7.82 Å². The Hall–Kier alpha value is -1.53. The molecule has 8 heteroatoms. The first kappa shape index (κ1) is 18.3. The minimum absolute atomic E-state index is 0.108. The van der Waals surface area contributed by atoms with Gasteiger partial charge < -0.3 is 18.9 Å². The third-order valence-corrected chi connectivity index (χ3v) is 5.84. The quantitative estimate of drug-likeness (QED) is 0.771. The SMILES string of the molecule is COc1ccc(C23CC=C(OP(=O)(O)O)CC2N(C)CC3)cc1OC. The zero-order valence-corrected chi connectivity index (χ0v) is 15.5. The van der Waals surface area contributed by atoms with Gasteiger partial charge in [0.1, 0.15) is 5.76 Å². The Balaban J connectivity index is 1.98. The molecule has 0 saturated carbocycles. The van der Waals surface area contributed by atoms with Crippen LogP contribution < -0.4 is 9.47 Å². The van der Waals surface area contributed by atoms with E-state index in [2.05, 4.69) is 11.0 Å². The molecule has 0 amide bonds. The molecule has 2 N–H and O–H groups in total. The number of rotatable bonds is 5. The number of allylic oxidation sites excluding steroid dienone is 1. The molecule has 1 saturated heterocycles. The highest BCUT2D eigenvalue weighted by Crippen LogP contribution is 2.51. The molecule has 0 aromatic heterocycles. The molecular formula is C17H24NO6P. The number of likely N-dealkylation sites (N-methyl/N-ethyl adjacent to an activating group) is 1. The van der Waals surface area contributed by atoms with E-state index in [-0.39, 0.29) is 11.5 Å². The summed E-state index contributed by atoms with van der Waals surface area (Å²) < 4.78 is 26.8. The number of phosphoric acid groups is 1. The average Bonchev–Trinajstić information content (AvgIpc) is 2.91. The van der Waals surface area contributed by atoms with Gasteiger partial charge in [0, 0.05) is 17.9 Å². The molecule has 2 aliphatic rings. The molecule has 1 aromatic carbocycles. The molecule has 138 valence electrons. The Labute approximate surface area is 147 Å². The molecule has 2 atom stereocenters. The Kier molecular flexibility index (Phi) is 4.86. The molecule has 1 fully saturated rings. The number of hydrogen-bond donors (Lipinski definition) is 2. The summed E-state index contributed by atoms with van der Waals surface area (Å²) in [5.74, 6) is 1.73. The van der Waals surface area contributed by atoms with Crippen LogP contribution in [0, 0.1) is 0 Å². The van der Waals surface area contributed by atoms with Crippen LogP contribution in [0.2, 0.25) is 0 Å². The lowest BCUT2D eigenvalue weighted by Gasteiger charge is -2.41. The molecule has 3 rings (SSSR count). The molecule has 0 radical (unpaired) electrons. The van der Waals surface area contributed by atoms with Crippen molar-refractivity contribution in [3.8, 4) is 11.5 Å². The van der Waals surface area contributed by atoms with Gasteiger partial charge in [0.05, 0.1) is 14.2 Å². The van der Waals surface area contributed by atoms with E-state index in [0.29, 0.717) is 30.1 Å². The third kappa shape index (κ3) is 3.42. The van der Waals surface area contributed by atoms with E-state index >= 15 is 0 Å². The van der Waals surface area contributed by atoms with E-state index in [1.165, 1.54) is 0 Å². The summed E-state index contributed by atoms with van der Waals surface area (Å²) in [7, 11) is 0.728. The first-order valence-corrected chi connectivity index (χ1v) is 9.69. The number of hydrogen-bond acceptors (Lipinski definition) is 5. The largest absolute Gasteiger partial charge is 0.524 e. The monoisotopic (exact) mass is 369 g/mol. The minimum atomic E-state index is -4.53. The highest BCUT2D eigenvalue weighted by atomic mass is 31.2. The summed E-state index contributed by atoms with van der Waals surface area (Å²) in [4.78, 5) is 20.4. The second kappa shape index (κ2) is 6.65. The van der Waals surface area contributed by atoms with Crippen LogP contribution >= 0.6 is 7.82 Å². The number of benzene rings is 1. The molecule has 0 bridgehead atoms. The second-order valence-corrected chi connectivity index (χ2v) is 7.80. The Morgan fingerprint density at radius 3 is 2.60 bits per heavy atom.